The van der Waals surface area contributed by atoms with Gasteiger partial charge >= 0.3 is 0 Å². The van der Waals surface area contributed by atoms with Gasteiger partial charge in [0.15, 0.2) is 0 Å². The first kappa shape index (κ1) is 17.8. The van der Waals surface area contributed by atoms with Gasteiger partial charge in [0.05, 0.1) is 0 Å². The molecule has 0 bridgehead atoms. The van der Waals surface area contributed by atoms with Gasteiger partial charge in [-0.25, -0.2) is 0 Å². The lowest BCUT2D eigenvalue weighted by Crippen LogP contribution is -2.33. The fourth-order valence-electron chi connectivity index (χ4n) is 3.09. The molecule has 2 aromatic rings. The molecule has 0 saturated heterocycles. The predicted molar refractivity (Wildman–Crippen MR) is 97.7 cm³/mol. The molecule has 0 radical (unpaired) electrons. The molecule has 0 atom stereocenters. The maximum atomic E-state index is 12.9. The molecule has 0 unspecified atom stereocenters. The lowest BCUT2D eigenvalue weighted by Gasteiger charge is -2.21. The van der Waals surface area contributed by atoms with Crippen molar-refractivity contribution in [2.24, 2.45) is 5.73 Å². The largest absolute Gasteiger partial charge is 0.326 e. The molecule has 0 spiro atoms. The minimum Gasteiger partial charge on any atom is -0.326 e. The highest BCUT2D eigenvalue weighted by Crippen LogP contribution is 2.44. The summed E-state index contributed by atoms with van der Waals surface area (Å²) in [5, 5.41) is 0.719. The van der Waals surface area contributed by atoms with Crippen molar-refractivity contribution < 1.29 is 4.79 Å². The summed E-state index contributed by atoms with van der Waals surface area (Å²) >= 11 is 6.36. The summed E-state index contributed by atoms with van der Waals surface area (Å²) in [5.41, 5.74) is 9.09. The summed E-state index contributed by atoms with van der Waals surface area (Å²) in [6.45, 7) is 5.33. The molecule has 0 aliphatic carbocycles. The lowest BCUT2D eigenvalue weighted by atomic mass is 9.87. The highest BCUT2D eigenvalue weighted by Gasteiger charge is 2.39. The number of amides is 1. The molecular weight excluding hydrogens is 331 g/mol. The maximum absolute atomic E-state index is 12.9. The molecule has 1 heterocycles. The third kappa shape index (κ3) is 3.09. The van der Waals surface area contributed by atoms with Crippen LogP contribution in [0.15, 0.2) is 42.5 Å². The van der Waals surface area contributed by atoms with Crippen LogP contribution in [-0.4, -0.2) is 12.5 Å². The van der Waals surface area contributed by atoms with E-state index in [-0.39, 0.29) is 23.7 Å². The number of hydrogen-bond donors (Lipinski definition) is 1. The second-order valence-electron chi connectivity index (χ2n) is 6.31. The summed E-state index contributed by atoms with van der Waals surface area (Å²) in [5.74, 6) is -0.00216. The Hall–Kier alpha value is -1.55. The smallest absolute Gasteiger partial charge is 0.258 e. The van der Waals surface area contributed by atoms with E-state index in [0.29, 0.717) is 18.7 Å². The van der Waals surface area contributed by atoms with Crippen molar-refractivity contribution >= 4 is 35.6 Å². The van der Waals surface area contributed by atoms with Gasteiger partial charge in [-0.3, -0.25) is 4.79 Å². The average molecular weight is 351 g/mol. The van der Waals surface area contributed by atoms with Gasteiger partial charge in [0.25, 0.3) is 5.91 Å². The van der Waals surface area contributed by atoms with E-state index in [1.165, 1.54) is 0 Å². The third-order valence-electron chi connectivity index (χ3n) is 4.19. The molecule has 0 saturated carbocycles. The van der Waals surface area contributed by atoms with Crippen LogP contribution in [0.4, 0.5) is 5.69 Å². The fourth-order valence-corrected chi connectivity index (χ4v) is 3.51. The summed E-state index contributed by atoms with van der Waals surface area (Å²) in [6.07, 6.45) is 0. The molecule has 3 rings (SSSR count). The maximum Gasteiger partial charge on any atom is 0.258 e. The number of carbonyl (C=O) groups is 1. The first-order valence-electron chi connectivity index (χ1n) is 7.34. The normalized spacial score (nSPS) is 15.0. The van der Waals surface area contributed by atoms with Crippen LogP contribution in [0, 0.1) is 0 Å². The third-order valence-corrected chi connectivity index (χ3v) is 4.51. The van der Waals surface area contributed by atoms with Crippen molar-refractivity contribution in [2.45, 2.75) is 25.8 Å². The van der Waals surface area contributed by atoms with Crippen LogP contribution in [0.2, 0.25) is 5.02 Å². The number of anilines is 1. The second-order valence-corrected chi connectivity index (χ2v) is 6.72. The molecule has 1 aliphatic rings. The van der Waals surface area contributed by atoms with Crippen molar-refractivity contribution in [1.29, 1.82) is 0 Å². The van der Waals surface area contributed by atoms with Crippen molar-refractivity contribution in [3.05, 3.63) is 64.2 Å². The van der Waals surface area contributed by atoms with E-state index in [9.17, 15) is 4.79 Å². The number of nitrogens with zero attached hydrogens (tertiary/aromatic N) is 1. The molecule has 5 heteroatoms. The average Bonchev–Trinajstić information content (AvgIpc) is 2.79. The summed E-state index contributed by atoms with van der Waals surface area (Å²) in [6, 6.07) is 13.2. The zero-order valence-corrected chi connectivity index (χ0v) is 14.7. The Kier molecular flexibility index (Phi) is 5.04. The number of nitrogens with two attached hydrogens (primary N) is 1. The topological polar surface area (TPSA) is 46.3 Å². The summed E-state index contributed by atoms with van der Waals surface area (Å²) in [4.78, 5) is 14.7. The SMILES string of the molecule is CC1(C)CN(C(=O)c2ccc(CN)cc2)c2cccc(Cl)c21.Cl. The van der Waals surface area contributed by atoms with E-state index >= 15 is 0 Å². The zero-order valence-electron chi connectivity index (χ0n) is 13.2. The first-order chi connectivity index (χ1) is 10.4. The number of rotatable bonds is 2. The van der Waals surface area contributed by atoms with Crippen LogP contribution in [0.5, 0.6) is 0 Å². The van der Waals surface area contributed by atoms with Gasteiger partial charge in [-0.05, 0) is 29.8 Å². The quantitative estimate of drug-likeness (QED) is 0.883. The van der Waals surface area contributed by atoms with Crippen molar-refractivity contribution in [2.75, 3.05) is 11.4 Å². The number of halogens is 2. The van der Waals surface area contributed by atoms with E-state index in [4.69, 9.17) is 17.3 Å². The molecule has 2 aromatic carbocycles. The van der Waals surface area contributed by atoms with Crippen LogP contribution in [-0.2, 0) is 12.0 Å². The number of fused-ring (bicyclic) bond motifs is 1. The van der Waals surface area contributed by atoms with Gasteiger partial charge in [-0.1, -0.05) is 43.6 Å². The molecule has 122 valence electrons. The Morgan fingerprint density at radius 3 is 2.48 bits per heavy atom. The van der Waals surface area contributed by atoms with Gasteiger partial charge in [-0.2, -0.15) is 0 Å². The Bertz CT molecular complexity index is 726. The van der Waals surface area contributed by atoms with E-state index in [0.717, 1.165) is 21.8 Å². The standard InChI is InChI=1S/C18H19ClN2O.ClH/c1-18(2)11-21(15-5-3-4-14(19)16(15)18)17(22)13-8-6-12(10-20)7-9-13;/h3-9H,10-11,20H2,1-2H3;1H. The van der Waals surface area contributed by atoms with Crippen molar-refractivity contribution in [1.82, 2.24) is 0 Å². The fraction of sp³-hybridized carbons (Fsp3) is 0.278. The molecule has 3 nitrogen and oxygen atoms in total. The monoisotopic (exact) mass is 350 g/mol. The first-order valence-corrected chi connectivity index (χ1v) is 7.72. The summed E-state index contributed by atoms with van der Waals surface area (Å²) < 4.78 is 0. The van der Waals surface area contributed by atoms with Crippen LogP contribution >= 0.6 is 24.0 Å². The Morgan fingerprint density at radius 1 is 1.22 bits per heavy atom. The van der Waals surface area contributed by atoms with Gasteiger partial charge < -0.3 is 10.6 Å². The Balaban J connectivity index is 0.00000192. The van der Waals surface area contributed by atoms with Gasteiger partial charge in [0.2, 0.25) is 0 Å². The van der Waals surface area contributed by atoms with Crippen LogP contribution in [0.3, 0.4) is 0 Å². The number of hydrogen-bond acceptors (Lipinski definition) is 2. The molecule has 0 fully saturated rings. The van der Waals surface area contributed by atoms with Crippen molar-refractivity contribution in [3.63, 3.8) is 0 Å². The molecule has 0 aromatic heterocycles. The number of benzene rings is 2. The van der Waals surface area contributed by atoms with E-state index in [1.54, 1.807) is 0 Å². The van der Waals surface area contributed by atoms with Gasteiger partial charge in [-0.15, -0.1) is 12.4 Å². The molecule has 2 N–H and O–H groups in total. The predicted octanol–water partition coefficient (Wildman–Crippen LogP) is 4.16. The molecule has 1 amide bonds. The second kappa shape index (κ2) is 6.52. The van der Waals surface area contributed by atoms with E-state index in [1.807, 2.05) is 47.4 Å². The Morgan fingerprint density at radius 2 is 1.87 bits per heavy atom. The number of carbonyl (C=O) groups excluding carboxylic acids is 1. The van der Waals surface area contributed by atoms with Crippen molar-refractivity contribution in [3.8, 4) is 0 Å². The highest BCUT2D eigenvalue weighted by molar-refractivity contribution is 6.32. The molecular formula is C18H20Cl2N2O. The minimum atomic E-state index is -0.152. The van der Waals surface area contributed by atoms with E-state index < -0.39 is 0 Å². The van der Waals surface area contributed by atoms with Gasteiger partial charge in [0, 0.05) is 40.3 Å². The molecule has 23 heavy (non-hydrogen) atoms. The van der Waals surface area contributed by atoms with Gasteiger partial charge in [0.1, 0.15) is 0 Å². The zero-order chi connectivity index (χ0) is 15.9. The summed E-state index contributed by atoms with van der Waals surface area (Å²) in [7, 11) is 0. The highest BCUT2D eigenvalue weighted by atomic mass is 35.5. The minimum absolute atomic E-state index is 0. The molecule has 1 aliphatic heterocycles. The van der Waals surface area contributed by atoms with Crippen LogP contribution < -0.4 is 10.6 Å². The van der Waals surface area contributed by atoms with Crippen LogP contribution in [0.25, 0.3) is 0 Å². The van der Waals surface area contributed by atoms with E-state index in [2.05, 4.69) is 13.8 Å². The van der Waals surface area contributed by atoms with Crippen LogP contribution in [0.1, 0.15) is 35.3 Å². The lowest BCUT2D eigenvalue weighted by molar-refractivity contribution is 0.0986. The Labute approximate surface area is 147 Å².